The van der Waals surface area contributed by atoms with Crippen molar-refractivity contribution in [3.05, 3.63) is 0 Å². The van der Waals surface area contributed by atoms with E-state index in [4.69, 9.17) is 4.74 Å². The van der Waals surface area contributed by atoms with E-state index in [2.05, 4.69) is 0 Å². The van der Waals surface area contributed by atoms with Crippen molar-refractivity contribution in [2.24, 2.45) is 0 Å². The molecule has 1 unspecified atom stereocenters. The highest BCUT2D eigenvalue weighted by Crippen LogP contribution is 2.05. The molecule has 0 saturated carbocycles. The lowest BCUT2D eigenvalue weighted by atomic mass is 10.2. The maximum absolute atomic E-state index is 12.0. The Morgan fingerprint density at radius 3 is 2.36 bits per heavy atom. The standard InChI is InChI=1S/C6H13FO3S/c1-3-4-6(10-2)5-11(7,8)9/h6H,3-5H2,1-2H3. The van der Waals surface area contributed by atoms with Crippen molar-refractivity contribution in [3.8, 4) is 0 Å². The van der Waals surface area contributed by atoms with E-state index in [0.717, 1.165) is 6.42 Å². The van der Waals surface area contributed by atoms with Crippen molar-refractivity contribution < 1.29 is 17.0 Å². The van der Waals surface area contributed by atoms with E-state index in [1.54, 1.807) is 0 Å². The first-order chi connectivity index (χ1) is 4.99. The minimum absolute atomic E-state index is 0.505. The predicted octanol–water partition coefficient (Wildman–Crippen LogP) is 1.10. The van der Waals surface area contributed by atoms with E-state index >= 15 is 0 Å². The summed E-state index contributed by atoms with van der Waals surface area (Å²) in [5.41, 5.74) is 0. The first-order valence-electron chi connectivity index (χ1n) is 3.44. The van der Waals surface area contributed by atoms with Crippen molar-refractivity contribution >= 4 is 10.2 Å². The molecule has 11 heavy (non-hydrogen) atoms. The van der Waals surface area contributed by atoms with Gasteiger partial charge >= 0.3 is 10.2 Å². The molecule has 0 amide bonds. The summed E-state index contributed by atoms with van der Waals surface area (Å²) in [7, 11) is -3.00. The quantitative estimate of drug-likeness (QED) is 0.601. The Hall–Kier alpha value is -0.160. The van der Waals surface area contributed by atoms with Gasteiger partial charge in [0.1, 0.15) is 5.75 Å². The molecule has 1 atom stereocenters. The Bertz CT molecular complexity index is 188. The van der Waals surface area contributed by atoms with Crippen LogP contribution in [0.4, 0.5) is 3.89 Å². The van der Waals surface area contributed by atoms with Gasteiger partial charge in [-0.1, -0.05) is 13.3 Å². The summed E-state index contributed by atoms with van der Waals surface area (Å²) in [6, 6.07) is 0. The molecule has 0 aromatic heterocycles. The van der Waals surface area contributed by atoms with Gasteiger partial charge in [0, 0.05) is 7.11 Å². The van der Waals surface area contributed by atoms with Crippen molar-refractivity contribution in [3.63, 3.8) is 0 Å². The lowest BCUT2D eigenvalue weighted by molar-refractivity contribution is 0.112. The highest BCUT2D eigenvalue weighted by atomic mass is 32.3. The monoisotopic (exact) mass is 184 g/mol. The van der Waals surface area contributed by atoms with Crippen LogP contribution < -0.4 is 0 Å². The zero-order chi connectivity index (χ0) is 8.91. The average molecular weight is 184 g/mol. The van der Waals surface area contributed by atoms with E-state index in [-0.39, 0.29) is 0 Å². The van der Waals surface area contributed by atoms with Crippen LogP contribution in [0.3, 0.4) is 0 Å². The summed E-state index contributed by atoms with van der Waals surface area (Å²) in [5, 5.41) is 0. The number of hydrogen-bond donors (Lipinski definition) is 0. The lowest BCUT2D eigenvalue weighted by Gasteiger charge is -2.10. The van der Waals surface area contributed by atoms with Gasteiger partial charge in [-0.2, -0.15) is 8.42 Å². The summed E-state index contributed by atoms with van der Waals surface area (Å²) < 4.78 is 37.0. The van der Waals surface area contributed by atoms with Crippen LogP contribution in [0.25, 0.3) is 0 Å². The number of ether oxygens (including phenoxy) is 1. The third-order valence-electron chi connectivity index (χ3n) is 1.33. The van der Waals surface area contributed by atoms with Crippen LogP contribution in [0, 0.1) is 0 Å². The smallest absolute Gasteiger partial charge is 0.304 e. The maximum Gasteiger partial charge on any atom is 0.304 e. The van der Waals surface area contributed by atoms with Gasteiger partial charge in [0.15, 0.2) is 0 Å². The zero-order valence-corrected chi connectivity index (χ0v) is 7.53. The molecule has 0 heterocycles. The lowest BCUT2D eigenvalue weighted by Crippen LogP contribution is -2.20. The molecule has 3 nitrogen and oxygen atoms in total. The van der Waals surface area contributed by atoms with Gasteiger partial charge in [-0.05, 0) is 6.42 Å². The van der Waals surface area contributed by atoms with Gasteiger partial charge in [0.2, 0.25) is 0 Å². The molecule has 0 bridgehead atoms. The minimum atomic E-state index is -4.38. The second kappa shape index (κ2) is 4.66. The van der Waals surface area contributed by atoms with Crippen LogP contribution in [-0.4, -0.2) is 27.4 Å². The molecule has 0 radical (unpaired) electrons. The predicted molar refractivity (Wildman–Crippen MR) is 40.6 cm³/mol. The zero-order valence-electron chi connectivity index (χ0n) is 6.71. The third kappa shape index (κ3) is 6.25. The fourth-order valence-corrected chi connectivity index (χ4v) is 1.56. The Morgan fingerprint density at radius 1 is 1.55 bits per heavy atom. The van der Waals surface area contributed by atoms with Crippen LogP contribution in [0.2, 0.25) is 0 Å². The van der Waals surface area contributed by atoms with Gasteiger partial charge in [0.05, 0.1) is 6.10 Å². The molecule has 0 N–H and O–H groups in total. The van der Waals surface area contributed by atoms with E-state index < -0.39 is 22.1 Å². The second-order valence-electron chi connectivity index (χ2n) is 2.35. The molecule has 0 aliphatic heterocycles. The molecule has 0 rings (SSSR count). The molecule has 0 spiro atoms. The van der Waals surface area contributed by atoms with Crippen molar-refractivity contribution in [1.29, 1.82) is 0 Å². The number of halogens is 1. The maximum atomic E-state index is 12.0. The molecule has 0 fully saturated rings. The highest BCUT2D eigenvalue weighted by Gasteiger charge is 2.16. The number of rotatable bonds is 5. The van der Waals surface area contributed by atoms with E-state index in [9.17, 15) is 12.3 Å². The summed E-state index contributed by atoms with van der Waals surface area (Å²) in [4.78, 5) is 0. The number of hydrogen-bond acceptors (Lipinski definition) is 3. The Morgan fingerprint density at radius 2 is 2.09 bits per heavy atom. The Kier molecular flexibility index (Phi) is 4.60. The Labute approximate surface area is 66.8 Å². The van der Waals surface area contributed by atoms with E-state index in [1.165, 1.54) is 7.11 Å². The van der Waals surface area contributed by atoms with Gasteiger partial charge < -0.3 is 4.74 Å². The molecule has 0 aromatic carbocycles. The summed E-state index contributed by atoms with van der Waals surface area (Å²) >= 11 is 0. The van der Waals surface area contributed by atoms with Gasteiger partial charge in [-0.15, -0.1) is 3.89 Å². The molecule has 0 saturated heterocycles. The average Bonchev–Trinajstić information content (AvgIpc) is 1.84. The van der Waals surface area contributed by atoms with Crippen LogP contribution >= 0.6 is 0 Å². The van der Waals surface area contributed by atoms with Crippen LogP contribution in [0.5, 0.6) is 0 Å². The minimum Gasteiger partial charge on any atom is -0.380 e. The first-order valence-corrected chi connectivity index (χ1v) is 5.00. The van der Waals surface area contributed by atoms with Crippen molar-refractivity contribution in [2.45, 2.75) is 25.9 Å². The molecule has 0 aliphatic carbocycles. The fraction of sp³-hybridized carbons (Fsp3) is 1.00. The van der Waals surface area contributed by atoms with Crippen LogP contribution in [0.15, 0.2) is 0 Å². The third-order valence-corrected chi connectivity index (χ3v) is 2.10. The summed E-state index contributed by atoms with van der Waals surface area (Å²) in [6.07, 6.45) is 0.850. The van der Waals surface area contributed by atoms with Crippen molar-refractivity contribution in [2.75, 3.05) is 12.9 Å². The molecule has 0 aliphatic rings. The largest absolute Gasteiger partial charge is 0.380 e. The summed E-state index contributed by atoms with van der Waals surface area (Å²) in [5.74, 6) is -0.530. The molecular weight excluding hydrogens is 171 g/mol. The van der Waals surface area contributed by atoms with E-state index in [0.29, 0.717) is 6.42 Å². The molecule has 5 heteroatoms. The molecular formula is C6H13FO3S. The van der Waals surface area contributed by atoms with E-state index in [1.807, 2.05) is 6.92 Å². The normalized spacial score (nSPS) is 14.8. The van der Waals surface area contributed by atoms with Crippen LogP contribution in [0.1, 0.15) is 19.8 Å². The van der Waals surface area contributed by atoms with Gasteiger partial charge in [0.25, 0.3) is 0 Å². The highest BCUT2D eigenvalue weighted by molar-refractivity contribution is 7.86. The van der Waals surface area contributed by atoms with Gasteiger partial charge in [-0.3, -0.25) is 0 Å². The summed E-state index contributed by atoms with van der Waals surface area (Å²) in [6.45, 7) is 1.89. The number of methoxy groups -OCH3 is 1. The van der Waals surface area contributed by atoms with Gasteiger partial charge in [-0.25, -0.2) is 0 Å². The molecule has 0 aromatic rings. The topological polar surface area (TPSA) is 43.4 Å². The first kappa shape index (κ1) is 10.8. The fourth-order valence-electron chi connectivity index (χ4n) is 0.813. The van der Waals surface area contributed by atoms with Crippen molar-refractivity contribution in [1.82, 2.24) is 0 Å². The molecule has 68 valence electrons. The van der Waals surface area contributed by atoms with Crippen LogP contribution in [-0.2, 0) is 15.0 Å². The second-order valence-corrected chi connectivity index (χ2v) is 3.76. The SMILES string of the molecule is CCCC(CS(=O)(=O)F)OC. The Balaban J connectivity index is 3.88.